The lowest BCUT2D eigenvalue weighted by atomic mass is 10.2. The van der Waals surface area contributed by atoms with Crippen molar-refractivity contribution in [3.8, 4) is 11.4 Å². The Morgan fingerprint density at radius 3 is 2.88 bits per heavy atom. The first-order valence-corrected chi connectivity index (χ1v) is 6.17. The number of rotatable bonds is 1. The highest BCUT2D eigenvalue weighted by atomic mass is 79.9. The number of benzene rings is 1. The maximum absolute atomic E-state index is 5.78. The fraction of sp³-hybridized carbons (Fsp3) is 0. The summed E-state index contributed by atoms with van der Waals surface area (Å²) in [7, 11) is 0. The van der Waals surface area contributed by atoms with E-state index in [2.05, 4.69) is 36.9 Å². The summed E-state index contributed by atoms with van der Waals surface area (Å²) >= 11 is 9.22. The van der Waals surface area contributed by atoms with Crippen molar-refractivity contribution in [2.24, 2.45) is 0 Å². The van der Waals surface area contributed by atoms with Crippen LogP contribution in [-0.2, 0) is 0 Å². The van der Waals surface area contributed by atoms with Crippen molar-refractivity contribution in [3.63, 3.8) is 0 Å². The highest BCUT2D eigenvalue weighted by Gasteiger charge is 2.05. The average Bonchev–Trinajstić information content (AvgIpc) is 2.72. The van der Waals surface area contributed by atoms with Crippen LogP contribution in [0.4, 0.5) is 0 Å². The molecule has 0 unspecified atom stereocenters. The van der Waals surface area contributed by atoms with E-state index < -0.39 is 0 Å². The van der Waals surface area contributed by atoms with Crippen LogP contribution in [0, 0.1) is 0 Å². The van der Waals surface area contributed by atoms with Crippen LogP contribution >= 0.6 is 27.5 Å². The van der Waals surface area contributed by atoms with Gasteiger partial charge in [0.1, 0.15) is 0 Å². The molecule has 0 aliphatic heterocycles. The number of halogens is 2. The predicted octanol–water partition coefficient (Wildman–Crippen LogP) is 4.04. The summed E-state index contributed by atoms with van der Waals surface area (Å²) in [5.41, 5.74) is 2.79. The zero-order valence-corrected chi connectivity index (χ0v) is 11.0. The summed E-state index contributed by atoms with van der Waals surface area (Å²) in [5, 5.41) is 1.38. The Bertz CT molecular complexity index is 693. The predicted molar refractivity (Wildman–Crippen MR) is 72.0 cm³/mol. The van der Waals surface area contributed by atoms with Gasteiger partial charge < -0.3 is 4.98 Å². The summed E-state index contributed by atoms with van der Waals surface area (Å²) in [4.78, 5) is 11.3. The molecule has 17 heavy (non-hydrogen) atoms. The molecule has 0 radical (unpaired) electrons. The first-order chi connectivity index (χ1) is 8.22. The number of fused-ring (bicyclic) bond motifs is 1. The van der Waals surface area contributed by atoms with Gasteiger partial charge in [0.05, 0.1) is 11.4 Å². The van der Waals surface area contributed by atoms with Crippen LogP contribution in [0.3, 0.4) is 0 Å². The zero-order chi connectivity index (χ0) is 11.8. The number of aromatic amines is 1. The van der Waals surface area contributed by atoms with Crippen LogP contribution in [0.25, 0.3) is 22.3 Å². The molecule has 1 N–H and O–H groups in total. The normalized spacial score (nSPS) is 10.9. The molecule has 3 rings (SSSR count). The Morgan fingerprint density at radius 1 is 1.18 bits per heavy atom. The van der Waals surface area contributed by atoms with Gasteiger partial charge in [-0.3, -0.25) is 0 Å². The van der Waals surface area contributed by atoms with Crippen molar-refractivity contribution in [1.29, 1.82) is 0 Å². The third-order valence-electron chi connectivity index (χ3n) is 2.48. The fourth-order valence-electron chi connectivity index (χ4n) is 1.73. The van der Waals surface area contributed by atoms with Gasteiger partial charge in [-0.15, -0.1) is 0 Å². The molecule has 0 fully saturated rings. The topological polar surface area (TPSA) is 41.6 Å². The van der Waals surface area contributed by atoms with Crippen molar-refractivity contribution in [1.82, 2.24) is 15.0 Å². The second-order valence-electron chi connectivity index (χ2n) is 3.63. The molecule has 2 aromatic heterocycles. The van der Waals surface area contributed by atoms with Gasteiger partial charge in [0.15, 0.2) is 0 Å². The third-order valence-corrected chi connectivity index (χ3v) is 3.16. The fourth-order valence-corrected chi connectivity index (χ4v) is 2.25. The van der Waals surface area contributed by atoms with Crippen LogP contribution in [0.15, 0.2) is 41.0 Å². The van der Waals surface area contributed by atoms with Gasteiger partial charge in [0.2, 0.25) is 5.28 Å². The molecule has 0 spiro atoms. The van der Waals surface area contributed by atoms with Crippen LogP contribution in [-0.4, -0.2) is 15.0 Å². The Hall–Kier alpha value is -1.39. The summed E-state index contributed by atoms with van der Waals surface area (Å²) in [6.07, 6.45) is 1.64. The van der Waals surface area contributed by atoms with Crippen LogP contribution < -0.4 is 0 Å². The highest BCUT2D eigenvalue weighted by Crippen LogP contribution is 2.25. The summed E-state index contributed by atoms with van der Waals surface area (Å²) in [6, 6.07) is 9.93. The molecule has 0 saturated heterocycles. The number of nitrogens with one attached hydrogen (secondary N) is 1. The summed E-state index contributed by atoms with van der Waals surface area (Å²) < 4.78 is 1.05. The molecule has 0 amide bonds. The van der Waals surface area contributed by atoms with Crippen molar-refractivity contribution in [2.45, 2.75) is 0 Å². The first kappa shape index (κ1) is 10.7. The van der Waals surface area contributed by atoms with E-state index in [1.54, 1.807) is 6.20 Å². The highest BCUT2D eigenvalue weighted by molar-refractivity contribution is 9.10. The quantitative estimate of drug-likeness (QED) is 0.689. The van der Waals surface area contributed by atoms with Gasteiger partial charge >= 0.3 is 0 Å². The average molecular weight is 309 g/mol. The monoisotopic (exact) mass is 307 g/mol. The number of nitrogens with zero attached hydrogens (tertiary/aromatic N) is 2. The molecular weight excluding hydrogens is 302 g/mol. The minimum Gasteiger partial charge on any atom is -0.353 e. The van der Waals surface area contributed by atoms with Crippen molar-refractivity contribution in [2.75, 3.05) is 0 Å². The molecule has 3 aromatic rings. The SMILES string of the molecule is Clc1nccc(-c2cc3cc(Br)ccc3[nH]2)n1. The second-order valence-corrected chi connectivity index (χ2v) is 4.88. The summed E-state index contributed by atoms with van der Waals surface area (Å²) in [6.45, 7) is 0. The molecule has 0 atom stereocenters. The van der Waals surface area contributed by atoms with Gasteiger partial charge in [-0.25, -0.2) is 9.97 Å². The number of hydrogen-bond acceptors (Lipinski definition) is 2. The van der Waals surface area contributed by atoms with E-state index in [0.29, 0.717) is 0 Å². The van der Waals surface area contributed by atoms with Crippen LogP contribution in [0.1, 0.15) is 0 Å². The van der Waals surface area contributed by atoms with Crippen molar-refractivity contribution in [3.05, 3.63) is 46.3 Å². The molecule has 0 saturated carbocycles. The molecule has 0 bridgehead atoms. The molecule has 0 aliphatic carbocycles. The molecule has 3 nitrogen and oxygen atoms in total. The van der Waals surface area contributed by atoms with Gasteiger partial charge in [0.25, 0.3) is 0 Å². The van der Waals surface area contributed by atoms with Gasteiger partial charge in [-0.05, 0) is 41.9 Å². The van der Waals surface area contributed by atoms with E-state index in [4.69, 9.17) is 11.6 Å². The van der Waals surface area contributed by atoms with E-state index in [1.165, 1.54) is 0 Å². The maximum Gasteiger partial charge on any atom is 0.222 e. The smallest absolute Gasteiger partial charge is 0.222 e. The number of H-pyrrole nitrogens is 1. The van der Waals surface area contributed by atoms with E-state index in [-0.39, 0.29) is 5.28 Å². The Labute approximate surface area is 111 Å². The Balaban J connectivity index is 2.18. The number of aromatic nitrogens is 3. The molecule has 0 aliphatic rings. The molecular formula is C12H7BrClN3. The lowest BCUT2D eigenvalue weighted by molar-refractivity contribution is 1.16. The first-order valence-electron chi connectivity index (χ1n) is 4.99. The Morgan fingerprint density at radius 2 is 2.06 bits per heavy atom. The van der Waals surface area contributed by atoms with Crippen LogP contribution in [0.5, 0.6) is 0 Å². The molecule has 1 aromatic carbocycles. The minimum absolute atomic E-state index is 0.252. The van der Waals surface area contributed by atoms with E-state index in [1.807, 2.05) is 24.3 Å². The van der Waals surface area contributed by atoms with Crippen molar-refractivity contribution < 1.29 is 0 Å². The molecule has 5 heteroatoms. The van der Waals surface area contributed by atoms with E-state index in [0.717, 1.165) is 26.8 Å². The van der Waals surface area contributed by atoms with E-state index in [9.17, 15) is 0 Å². The van der Waals surface area contributed by atoms with Crippen molar-refractivity contribution >= 4 is 38.4 Å². The van der Waals surface area contributed by atoms with Crippen LogP contribution in [0.2, 0.25) is 5.28 Å². The van der Waals surface area contributed by atoms with E-state index >= 15 is 0 Å². The molecule has 2 heterocycles. The van der Waals surface area contributed by atoms with Gasteiger partial charge in [-0.1, -0.05) is 15.9 Å². The minimum atomic E-state index is 0.252. The molecule has 84 valence electrons. The zero-order valence-electron chi connectivity index (χ0n) is 8.61. The third kappa shape index (κ3) is 2.06. The number of hydrogen-bond donors (Lipinski definition) is 1. The standard InChI is InChI=1S/C12H7BrClN3/c13-8-1-2-9-7(5-8)6-11(16-9)10-3-4-15-12(14)17-10/h1-6,16H. The lowest BCUT2D eigenvalue weighted by Crippen LogP contribution is -1.85. The Kier molecular flexibility index (Phi) is 2.61. The lowest BCUT2D eigenvalue weighted by Gasteiger charge is -1.95. The maximum atomic E-state index is 5.78. The largest absolute Gasteiger partial charge is 0.353 e. The van der Waals surface area contributed by atoms with Gasteiger partial charge in [-0.2, -0.15) is 0 Å². The summed E-state index contributed by atoms with van der Waals surface area (Å²) in [5.74, 6) is 0. The van der Waals surface area contributed by atoms with Gasteiger partial charge in [0, 0.05) is 21.6 Å². The second kappa shape index (κ2) is 4.13.